The summed E-state index contributed by atoms with van der Waals surface area (Å²) in [6.07, 6.45) is 5.67. The fourth-order valence-corrected chi connectivity index (χ4v) is 6.13. The molecule has 0 unspecified atom stereocenters. The third kappa shape index (κ3) is 9.59. The van der Waals surface area contributed by atoms with Crippen LogP contribution in [0.1, 0.15) is 37.4 Å². The minimum atomic E-state index is -1.34. The molecular weight excluding hydrogens is 488 g/mol. The molecule has 2 fully saturated rings. The van der Waals surface area contributed by atoms with Gasteiger partial charge in [0.05, 0.1) is 27.5 Å². The Hall–Kier alpha value is -0.971. The average molecular weight is 527 g/mol. The van der Waals surface area contributed by atoms with Crippen LogP contribution in [-0.4, -0.2) is 70.5 Å². The van der Waals surface area contributed by atoms with Crippen LogP contribution >= 0.6 is 0 Å². The molecule has 1 aromatic rings. The molecule has 1 aliphatic carbocycles. The molecule has 1 aromatic carbocycles. The summed E-state index contributed by atoms with van der Waals surface area (Å²) in [6, 6.07) is 10.7. The number of rotatable bonds is 8. The van der Waals surface area contributed by atoms with E-state index in [9.17, 15) is 0 Å². The van der Waals surface area contributed by atoms with Gasteiger partial charge in [-0.2, -0.15) is 0 Å². The first kappa shape index (κ1) is 35.2. The van der Waals surface area contributed by atoms with Crippen LogP contribution in [0.3, 0.4) is 0 Å². The van der Waals surface area contributed by atoms with E-state index in [0.29, 0.717) is 18.2 Å². The quantitative estimate of drug-likeness (QED) is 0.296. The minimum Gasteiger partial charge on any atom is 0 e. The van der Waals surface area contributed by atoms with Gasteiger partial charge in [-0.15, -0.1) is 0 Å². The summed E-state index contributed by atoms with van der Waals surface area (Å²) in [6.45, 7) is 24.4. The van der Waals surface area contributed by atoms with Gasteiger partial charge in [0, 0.05) is 56.8 Å². The van der Waals surface area contributed by atoms with Gasteiger partial charge in [-0.05, 0) is 18.4 Å². The molecule has 1 aliphatic heterocycles. The summed E-state index contributed by atoms with van der Waals surface area (Å²) in [5, 5.41) is 1.55. The van der Waals surface area contributed by atoms with Gasteiger partial charge in [0.25, 0.3) is 0 Å². The third-order valence-electron chi connectivity index (χ3n) is 6.33. The van der Waals surface area contributed by atoms with E-state index in [1.165, 1.54) is 31.2 Å². The first-order chi connectivity index (χ1) is 16.0. The second-order valence-electron chi connectivity index (χ2n) is 9.13. The number of benzene rings is 1. The SMILES string of the molecule is COCCN1C(c2cccc([Si](C)(C)C)c2)N(CCOC)[C@@H]2CCCC[C@H]21.[C-]#[O+].[C-]#[O+].[C-]#[O+].[Cr]. The van der Waals surface area contributed by atoms with Crippen molar-refractivity contribution in [1.29, 1.82) is 0 Å². The molecule has 34 heavy (non-hydrogen) atoms. The smallest absolute Gasteiger partial charge is 0 e. The van der Waals surface area contributed by atoms with Gasteiger partial charge in [0.15, 0.2) is 0 Å². The van der Waals surface area contributed by atoms with Gasteiger partial charge in [0.2, 0.25) is 0 Å². The van der Waals surface area contributed by atoms with Crippen molar-refractivity contribution in [3.05, 3.63) is 49.8 Å². The molecule has 1 heterocycles. The zero-order valence-corrected chi connectivity index (χ0v) is 23.3. The van der Waals surface area contributed by atoms with Gasteiger partial charge in [-0.25, -0.2) is 0 Å². The van der Waals surface area contributed by atoms with Crippen molar-refractivity contribution in [2.75, 3.05) is 40.5 Å². The minimum absolute atomic E-state index is 0. The Balaban J connectivity index is 0. The number of fused-ring (bicyclic) bond motifs is 1. The molecule has 7 nitrogen and oxygen atoms in total. The van der Waals surface area contributed by atoms with Gasteiger partial charge in [-0.3, -0.25) is 9.80 Å². The second-order valence-corrected chi connectivity index (χ2v) is 14.2. The largest absolute Gasteiger partial charge is 0 e. The van der Waals surface area contributed by atoms with E-state index >= 15 is 0 Å². The van der Waals surface area contributed by atoms with Crippen LogP contribution in [0.25, 0.3) is 0 Å². The van der Waals surface area contributed by atoms with Crippen LogP contribution in [0.5, 0.6) is 0 Å². The predicted molar refractivity (Wildman–Crippen MR) is 127 cm³/mol. The molecule has 0 bridgehead atoms. The average Bonchev–Trinajstić information content (AvgIpc) is 3.18. The van der Waals surface area contributed by atoms with Gasteiger partial charge < -0.3 is 9.47 Å². The molecule has 0 N–H and O–H groups in total. The fraction of sp³-hybridized carbons (Fsp3) is 0.640. The first-order valence-electron chi connectivity index (χ1n) is 11.2. The van der Waals surface area contributed by atoms with Gasteiger partial charge >= 0.3 is 33.9 Å². The maximum Gasteiger partial charge on any atom is 0 e. The normalized spacial score (nSPS) is 20.1. The van der Waals surface area contributed by atoms with E-state index in [1.807, 2.05) is 14.2 Å². The van der Waals surface area contributed by atoms with Crippen LogP contribution in [-0.2, 0) is 40.8 Å². The summed E-state index contributed by atoms with van der Waals surface area (Å²) < 4.78 is 33.5. The topological polar surface area (TPSA) is 84.6 Å². The molecule has 2 atom stereocenters. The van der Waals surface area contributed by atoms with Crippen LogP contribution in [0.4, 0.5) is 0 Å². The molecule has 0 radical (unpaired) electrons. The van der Waals surface area contributed by atoms with Crippen molar-refractivity contribution < 1.29 is 40.8 Å². The van der Waals surface area contributed by atoms with Crippen molar-refractivity contribution in [2.45, 2.75) is 63.6 Å². The summed E-state index contributed by atoms with van der Waals surface area (Å²) in [5.74, 6) is 0. The van der Waals surface area contributed by atoms with Crippen molar-refractivity contribution in [3.63, 3.8) is 0 Å². The maximum absolute atomic E-state index is 7.50. The van der Waals surface area contributed by atoms with Crippen LogP contribution in [0, 0.1) is 20.0 Å². The molecule has 0 aromatic heterocycles. The molecule has 2 aliphatic rings. The maximum atomic E-state index is 7.50. The molecule has 9 heteroatoms. The number of methoxy groups -OCH3 is 2. The number of hydrogen-bond acceptors (Lipinski definition) is 4. The van der Waals surface area contributed by atoms with Gasteiger partial charge in [-0.1, -0.05) is 61.9 Å². The predicted octanol–water partition coefficient (Wildman–Crippen LogP) is 3.34. The summed E-state index contributed by atoms with van der Waals surface area (Å²) in [4.78, 5) is 5.46. The van der Waals surface area contributed by atoms with E-state index in [4.69, 9.17) is 23.4 Å². The zero-order chi connectivity index (χ0) is 25.4. The van der Waals surface area contributed by atoms with Gasteiger partial charge in [0.1, 0.15) is 0 Å². The van der Waals surface area contributed by atoms with E-state index in [0.717, 1.165) is 26.3 Å². The molecule has 1 saturated heterocycles. The Morgan fingerprint density at radius 1 is 0.853 bits per heavy atom. The fourth-order valence-electron chi connectivity index (χ4n) is 4.94. The first-order valence-corrected chi connectivity index (χ1v) is 14.7. The molecular formula is C25H38CrN2O5Si. The summed E-state index contributed by atoms with van der Waals surface area (Å²) >= 11 is 0. The Morgan fingerprint density at radius 2 is 1.29 bits per heavy atom. The number of nitrogens with zero attached hydrogens (tertiary/aromatic N) is 2. The molecule has 0 amide bonds. The summed E-state index contributed by atoms with van der Waals surface area (Å²) in [5.41, 5.74) is 1.46. The Bertz CT molecular complexity index is 700. The van der Waals surface area contributed by atoms with Crippen LogP contribution in [0.15, 0.2) is 24.3 Å². The number of ether oxygens (including phenoxy) is 2. The van der Waals surface area contributed by atoms with Crippen molar-refractivity contribution in [3.8, 4) is 0 Å². The molecule has 0 spiro atoms. The van der Waals surface area contributed by atoms with Crippen molar-refractivity contribution in [1.82, 2.24) is 9.80 Å². The van der Waals surface area contributed by atoms with E-state index < -0.39 is 8.07 Å². The standard InChI is InChI=1S/C22H38N2O2Si.3CO.Cr/c1-25-15-13-23-20-11-6-7-12-21(20)24(14-16-26-2)22(23)18-9-8-10-19(17-18)27(3,4)5;3*1-2;/h8-10,17,20-22H,6-7,11-16H2,1-5H3;;;;/t20-,21-;;;;/m1..../s1. The monoisotopic (exact) mass is 526 g/mol. The molecule has 3 rings (SSSR count). The van der Waals surface area contributed by atoms with Crippen molar-refractivity contribution in [2.24, 2.45) is 0 Å². The Morgan fingerprint density at radius 3 is 1.68 bits per heavy atom. The molecule has 188 valence electrons. The van der Waals surface area contributed by atoms with Crippen molar-refractivity contribution >= 4 is 13.3 Å². The van der Waals surface area contributed by atoms with E-state index in [-0.39, 0.29) is 17.4 Å². The second kappa shape index (κ2) is 19.2. The third-order valence-corrected chi connectivity index (χ3v) is 8.38. The number of hydrogen-bond donors (Lipinski definition) is 0. The summed E-state index contributed by atoms with van der Waals surface area (Å²) in [7, 11) is 2.30. The van der Waals surface area contributed by atoms with Crippen LogP contribution in [0.2, 0.25) is 19.6 Å². The Labute approximate surface area is 217 Å². The van der Waals surface area contributed by atoms with E-state index in [1.54, 1.807) is 5.19 Å². The Kier molecular flexibility index (Phi) is 19.9. The van der Waals surface area contributed by atoms with E-state index in [2.05, 4.69) is 73.7 Å². The zero-order valence-electron chi connectivity index (χ0n) is 21.0. The molecule has 1 saturated carbocycles. The van der Waals surface area contributed by atoms with Crippen LogP contribution < -0.4 is 5.19 Å².